The Morgan fingerprint density at radius 2 is 1.48 bits per heavy atom. The van der Waals surface area contributed by atoms with Crippen LogP contribution in [0.1, 0.15) is 38.5 Å². The van der Waals surface area contributed by atoms with Gasteiger partial charge in [0.25, 0.3) is 0 Å². The van der Waals surface area contributed by atoms with Crippen LogP contribution in [0.3, 0.4) is 0 Å². The highest BCUT2D eigenvalue weighted by Crippen LogP contribution is 2.38. The Morgan fingerprint density at radius 1 is 0.840 bits per heavy atom. The van der Waals surface area contributed by atoms with Crippen molar-refractivity contribution in [1.29, 1.82) is 0 Å². The summed E-state index contributed by atoms with van der Waals surface area (Å²) >= 11 is 0. The van der Waals surface area contributed by atoms with Crippen LogP contribution in [0.15, 0.2) is 24.3 Å². The van der Waals surface area contributed by atoms with Crippen LogP contribution in [0.25, 0.3) is 0 Å². The zero-order valence-corrected chi connectivity index (χ0v) is 14.2. The highest BCUT2D eigenvalue weighted by molar-refractivity contribution is 6.02. The lowest BCUT2D eigenvalue weighted by Crippen LogP contribution is -2.57. The van der Waals surface area contributed by atoms with Gasteiger partial charge in [-0.1, -0.05) is 12.1 Å². The SMILES string of the molecule is O=C1CCC(N2CCN([C@@H]3CCC(=O)NC3=O)c3ccccc32)CC1. The van der Waals surface area contributed by atoms with Crippen LogP contribution in [-0.2, 0) is 14.4 Å². The monoisotopic (exact) mass is 341 g/mol. The van der Waals surface area contributed by atoms with E-state index >= 15 is 0 Å². The zero-order valence-electron chi connectivity index (χ0n) is 14.2. The minimum Gasteiger partial charge on any atom is -0.365 e. The van der Waals surface area contributed by atoms with Gasteiger partial charge < -0.3 is 9.80 Å². The van der Waals surface area contributed by atoms with E-state index < -0.39 is 0 Å². The van der Waals surface area contributed by atoms with Gasteiger partial charge in [-0.25, -0.2) is 0 Å². The van der Waals surface area contributed by atoms with Gasteiger partial charge >= 0.3 is 0 Å². The van der Waals surface area contributed by atoms with Crippen LogP contribution in [-0.4, -0.2) is 42.8 Å². The minimum absolute atomic E-state index is 0.181. The number of piperidine rings is 1. The Balaban J connectivity index is 1.60. The van der Waals surface area contributed by atoms with E-state index in [2.05, 4.69) is 27.2 Å². The van der Waals surface area contributed by atoms with E-state index in [4.69, 9.17) is 0 Å². The number of anilines is 2. The number of hydrogen-bond donors (Lipinski definition) is 1. The lowest BCUT2D eigenvalue weighted by Gasteiger charge is -2.46. The molecule has 1 N–H and O–H groups in total. The topological polar surface area (TPSA) is 69.7 Å². The van der Waals surface area contributed by atoms with Gasteiger partial charge in [0.05, 0.1) is 11.4 Å². The second-order valence-corrected chi connectivity index (χ2v) is 7.11. The molecular formula is C19H23N3O3. The van der Waals surface area contributed by atoms with Crippen LogP contribution in [0, 0.1) is 0 Å². The fraction of sp³-hybridized carbons (Fsp3) is 0.526. The summed E-state index contributed by atoms with van der Waals surface area (Å²) < 4.78 is 0. The van der Waals surface area contributed by atoms with Crippen molar-refractivity contribution in [3.8, 4) is 0 Å². The third-order valence-electron chi connectivity index (χ3n) is 5.62. The van der Waals surface area contributed by atoms with Crippen molar-refractivity contribution in [3.05, 3.63) is 24.3 Å². The van der Waals surface area contributed by atoms with Gasteiger partial charge in [0.2, 0.25) is 11.8 Å². The molecule has 0 bridgehead atoms. The maximum absolute atomic E-state index is 12.3. The van der Waals surface area contributed by atoms with Crippen molar-refractivity contribution in [2.75, 3.05) is 22.9 Å². The molecule has 1 aliphatic carbocycles. The van der Waals surface area contributed by atoms with E-state index in [9.17, 15) is 14.4 Å². The van der Waals surface area contributed by atoms with E-state index in [-0.39, 0.29) is 17.9 Å². The Bertz CT molecular complexity index is 708. The van der Waals surface area contributed by atoms with Gasteiger partial charge in [0.1, 0.15) is 11.8 Å². The third kappa shape index (κ3) is 3.01. The lowest BCUT2D eigenvalue weighted by atomic mass is 9.91. The van der Waals surface area contributed by atoms with Gasteiger partial charge in [-0.15, -0.1) is 0 Å². The summed E-state index contributed by atoms with van der Waals surface area (Å²) in [6.45, 7) is 1.60. The van der Waals surface area contributed by atoms with Gasteiger partial charge in [0, 0.05) is 38.4 Å². The second-order valence-electron chi connectivity index (χ2n) is 7.11. The molecule has 2 aliphatic heterocycles. The van der Waals surface area contributed by atoms with E-state index in [1.54, 1.807) is 0 Å². The number of Topliss-reactive ketones (excluding diaryl/α,β-unsaturated/α-hetero) is 1. The molecule has 0 radical (unpaired) electrons. The van der Waals surface area contributed by atoms with Gasteiger partial charge in [-0.05, 0) is 31.4 Å². The maximum Gasteiger partial charge on any atom is 0.249 e. The van der Waals surface area contributed by atoms with Crippen LogP contribution in [0.5, 0.6) is 0 Å². The van der Waals surface area contributed by atoms with Crippen molar-refractivity contribution < 1.29 is 14.4 Å². The standard InChI is InChI=1S/C19H23N3O3/c23-14-7-5-13(6-8-14)21-11-12-22(16-4-2-1-3-15(16)21)17-9-10-18(24)20-19(17)25/h1-4,13,17H,5-12H2,(H,20,24,25)/t17-/m1/s1. The number of rotatable bonds is 2. The van der Waals surface area contributed by atoms with Crippen LogP contribution >= 0.6 is 0 Å². The quantitative estimate of drug-likeness (QED) is 0.828. The summed E-state index contributed by atoms with van der Waals surface area (Å²) in [5, 5.41) is 2.47. The molecule has 2 fully saturated rings. The summed E-state index contributed by atoms with van der Waals surface area (Å²) in [6.07, 6.45) is 4.11. The second kappa shape index (κ2) is 6.50. The number of nitrogens with one attached hydrogen (secondary N) is 1. The fourth-order valence-electron chi connectivity index (χ4n) is 4.32. The molecule has 1 saturated heterocycles. The van der Waals surface area contributed by atoms with Crippen molar-refractivity contribution in [2.24, 2.45) is 0 Å². The Hall–Kier alpha value is -2.37. The summed E-state index contributed by atoms with van der Waals surface area (Å²) in [4.78, 5) is 39.9. The molecule has 4 rings (SSSR count). The predicted molar refractivity (Wildman–Crippen MR) is 94.6 cm³/mol. The molecule has 2 amide bonds. The van der Waals surface area contributed by atoms with E-state index in [1.165, 1.54) is 0 Å². The Labute approximate surface area is 147 Å². The maximum atomic E-state index is 12.3. The largest absolute Gasteiger partial charge is 0.365 e. The van der Waals surface area contributed by atoms with Crippen LogP contribution < -0.4 is 15.1 Å². The number of amides is 2. The molecule has 1 saturated carbocycles. The summed E-state index contributed by atoms with van der Waals surface area (Å²) in [7, 11) is 0. The lowest BCUT2D eigenvalue weighted by molar-refractivity contribution is -0.134. The molecule has 0 aromatic heterocycles. The van der Waals surface area contributed by atoms with E-state index in [0.717, 1.165) is 37.3 Å². The first kappa shape index (κ1) is 16.1. The molecule has 6 heteroatoms. The number of hydrogen-bond acceptors (Lipinski definition) is 5. The molecule has 0 unspecified atom stereocenters. The number of carbonyl (C=O) groups excluding carboxylic acids is 3. The first-order valence-electron chi connectivity index (χ1n) is 9.11. The number of ketones is 1. The molecule has 3 aliphatic rings. The average Bonchev–Trinajstić information content (AvgIpc) is 2.62. The highest BCUT2D eigenvalue weighted by Gasteiger charge is 2.37. The van der Waals surface area contributed by atoms with E-state index in [0.29, 0.717) is 37.5 Å². The van der Waals surface area contributed by atoms with Gasteiger partial charge in [-0.3, -0.25) is 19.7 Å². The molecule has 1 aromatic carbocycles. The van der Waals surface area contributed by atoms with Gasteiger partial charge in [-0.2, -0.15) is 0 Å². The number of nitrogens with zero attached hydrogens (tertiary/aromatic N) is 2. The number of benzene rings is 1. The van der Waals surface area contributed by atoms with E-state index in [1.807, 2.05) is 12.1 Å². The number of imide groups is 1. The van der Waals surface area contributed by atoms with Crippen LogP contribution in [0.2, 0.25) is 0 Å². The molecule has 25 heavy (non-hydrogen) atoms. The smallest absolute Gasteiger partial charge is 0.249 e. The van der Waals surface area contributed by atoms with Crippen molar-refractivity contribution in [2.45, 2.75) is 50.6 Å². The van der Waals surface area contributed by atoms with Crippen molar-refractivity contribution in [1.82, 2.24) is 5.32 Å². The molecule has 6 nitrogen and oxygen atoms in total. The summed E-state index contributed by atoms with van der Waals surface area (Å²) in [6, 6.07) is 8.28. The number of fused-ring (bicyclic) bond motifs is 1. The first-order valence-corrected chi connectivity index (χ1v) is 9.11. The zero-order chi connectivity index (χ0) is 17.4. The Morgan fingerprint density at radius 3 is 2.16 bits per heavy atom. The average molecular weight is 341 g/mol. The Kier molecular flexibility index (Phi) is 4.19. The van der Waals surface area contributed by atoms with Crippen molar-refractivity contribution >= 4 is 29.0 Å². The molecule has 132 valence electrons. The molecule has 1 aromatic rings. The normalized spacial score (nSPS) is 25.0. The molecule has 1 atom stereocenters. The van der Waals surface area contributed by atoms with Crippen LogP contribution in [0.4, 0.5) is 11.4 Å². The summed E-state index contributed by atoms with van der Waals surface area (Å²) in [5.74, 6) is -0.00507. The summed E-state index contributed by atoms with van der Waals surface area (Å²) in [5.41, 5.74) is 2.19. The number of para-hydroxylation sites is 2. The molecule has 0 spiro atoms. The highest BCUT2D eigenvalue weighted by atomic mass is 16.2. The number of carbonyl (C=O) groups is 3. The van der Waals surface area contributed by atoms with Gasteiger partial charge in [0.15, 0.2) is 0 Å². The third-order valence-corrected chi connectivity index (χ3v) is 5.62. The minimum atomic E-state index is -0.283. The molecule has 2 heterocycles. The predicted octanol–water partition coefficient (Wildman–Crippen LogP) is 1.63. The fourth-order valence-corrected chi connectivity index (χ4v) is 4.32. The molecular weight excluding hydrogens is 318 g/mol. The van der Waals surface area contributed by atoms with Crippen molar-refractivity contribution in [3.63, 3.8) is 0 Å². The first-order chi connectivity index (χ1) is 12.1.